The van der Waals surface area contributed by atoms with E-state index < -0.39 is 23.8 Å². The van der Waals surface area contributed by atoms with Gasteiger partial charge in [0.25, 0.3) is 5.89 Å². The molecular formula is C28H26F3N3O3. The Bertz CT molecular complexity index is 1400. The van der Waals surface area contributed by atoms with Crippen molar-refractivity contribution in [3.05, 3.63) is 83.4 Å². The summed E-state index contributed by atoms with van der Waals surface area (Å²) in [7, 11) is 0. The molecule has 0 fully saturated rings. The van der Waals surface area contributed by atoms with Crippen LogP contribution in [0.5, 0.6) is 0 Å². The molecule has 1 aromatic heterocycles. The van der Waals surface area contributed by atoms with Crippen LogP contribution in [0.2, 0.25) is 0 Å². The summed E-state index contributed by atoms with van der Waals surface area (Å²) < 4.78 is 47.2. The van der Waals surface area contributed by atoms with Crippen LogP contribution in [0.3, 0.4) is 0 Å². The van der Waals surface area contributed by atoms with E-state index in [1.165, 1.54) is 12.1 Å². The Kier molecular flexibility index (Phi) is 7.45. The number of benzene rings is 3. The minimum absolute atomic E-state index is 0.0248. The molecule has 2 N–H and O–H groups in total. The summed E-state index contributed by atoms with van der Waals surface area (Å²) in [4.78, 5) is 15.6. The van der Waals surface area contributed by atoms with Crippen LogP contribution in [0.15, 0.2) is 71.3 Å². The highest BCUT2D eigenvalue weighted by atomic mass is 19.4. The van der Waals surface area contributed by atoms with Crippen LogP contribution in [0.25, 0.3) is 34.0 Å². The fourth-order valence-corrected chi connectivity index (χ4v) is 4.16. The number of rotatable bonds is 8. The summed E-state index contributed by atoms with van der Waals surface area (Å²) >= 11 is 0. The van der Waals surface area contributed by atoms with Crippen molar-refractivity contribution in [3.63, 3.8) is 0 Å². The first kappa shape index (κ1) is 26.1. The molecular weight excluding hydrogens is 483 g/mol. The molecule has 4 aromatic rings. The number of carbonyl (C=O) groups is 1. The van der Waals surface area contributed by atoms with Crippen LogP contribution >= 0.6 is 0 Å². The third-order valence-electron chi connectivity index (χ3n) is 6.26. The van der Waals surface area contributed by atoms with E-state index in [0.717, 1.165) is 17.2 Å². The smallest absolute Gasteiger partial charge is 0.417 e. The highest BCUT2D eigenvalue weighted by Gasteiger charge is 2.34. The summed E-state index contributed by atoms with van der Waals surface area (Å²) in [5.74, 6) is -0.704. The fraction of sp³-hybridized carbons (Fsp3) is 0.250. The van der Waals surface area contributed by atoms with Gasteiger partial charge in [-0.2, -0.15) is 18.2 Å². The number of alkyl halides is 3. The molecule has 0 unspecified atom stereocenters. The quantitative estimate of drug-likeness (QED) is 0.268. The zero-order valence-electron chi connectivity index (χ0n) is 20.5. The molecule has 0 aliphatic heterocycles. The first-order valence-corrected chi connectivity index (χ1v) is 11.8. The molecule has 0 spiro atoms. The molecule has 4 rings (SSSR count). The molecule has 2 atom stereocenters. The van der Waals surface area contributed by atoms with Crippen molar-refractivity contribution in [1.29, 1.82) is 0 Å². The van der Waals surface area contributed by atoms with Gasteiger partial charge in [-0.3, -0.25) is 10.1 Å². The van der Waals surface area contributed by atoms with Gasteiger partial charge in [0.05, 0.1) is 5.56 Å². The number of nitrogens with zero attached hydrogens (tertiary/aromatic N) is 2. The van der Waals surface area contributed by atoms with Gasteiger partial charge in [-0.1, -0.05) is 66.7 Å². The van der Waals surface area contributed by atoms with Crippen LogP contribution in [-0.4, -0.2) is 27.3 Å². The molecule has 0 saturated heterocycles. The number of carboxylic acid groups (broad SMARTS) is 1. The second-order valence-corrected chi connectivity index (χ2v) is 8.81. The molecule has 0 amide bonds. The predicted molar refractivity (Wildman–Crippen MR) is 134 cm³/mol. The Morgan fingerprint density at radius 1 is 1.03 bits per heavy atom. The number of halogens is 3. The lowest BCUT2D eigenvalue weighted by atomic mass is 9.94. The summed E-state index contributed by atoms with van der Waals surface area (Å²) in [6.45, 7) is 5.43. The van der Waals surface area contributed by atoms with Crippen molar-refractivity contribution in [3.8, 4) is 34.0 Å². The van der Waals surface area contributed by atoms with Crippen molar-refractivity contribution in [2.45, 2.75) is 45.5 Å². The predicted octanol–water partition coefficient (Wildman–Crippen LogP) is 6.91. The molecule has 6 nitrogen and oxygen atoms in total. The highest BCUT2D eigenvalue weighted by Crippen LogP contribution is 2.40. The van der Waals surface area contributed by atoms with Crippen molar-refractivity contribution in [2.75, 3.05) is 0 Å². The minimum Gasteiger partial charge on any atom is -0.480 e. The molecule has 1 heterocycles. The second-order valence-electron chi connectivity index (χ2n) is 8.81. The fourth-order valence-electron chi connectivity index (χ4n) is 4.16. The van der Waals surface area contributed by atoms with Gasteiger partial charge in [-0.15, -0.1) is 0 Å². The molecule has 192 valence electrons. The van der Waals surface area contributed by atoms with E-state index in [2.05, 4.69) is 15.5 Å². The van der Waals surface area contributed by atoms with E-state index >= 15 is 0 Å². The molecule has 37 heavy (non-hydrogen) atoms. The third kappa shape index (κ3) is 5.72. The normalized spacial score (nSPS) is 13.4. The SMILES string of the molecule is CC[C@@H](N[C@H](C)c1ccc(-c2noc(-c3ccc(-c4ccccc4C)c(C(F)(F)F)c3)n2)cc1)C(=O)O. The van der Waals surface area contributed by atoms with E-state index in [1.54, 1.807) is 50.2 Å². The molecule has 3 aromatic carbocycles. The van der Waals surface area contributed by atoms with E-state index in [-0.39, 0.29) is 28.9 Å². The number of aliphatic carboxylic acids is 1. The highest BCUT2D eigenvalue weighted by molar-refractivity contribution is 5.75. The topological polar surface area (TPSA) is 88.3 Å². The first-order chi connectivity index (χ1) is 17.6. The number of carboxylic acids is 1. The number of hydrogen-bond donors (Lipinski definition) is 2. The lowest BCUT2D eigenvalue weighted by Crippen LogP contribution is -2.37. The zero-order chi connectivity index (χ0) is 26.7. The van der Waals surface area contributed by atoms with Crippen molar-refractivity contribution >= 4 is 5.97 Å². The molecule has 0 saturated carbocycles. The van der Waals surface area contributed by atoms with E-state index in [1.807, 2.05) is 19.1 Å². The van der Waals surface area contributed by atoms with Gasteiger partial charge in [-0.25, -0.2) is 0 Å². The lowest BCUT2D eigenvalue weighted by molar-refractivity contribution is -0.140. The van der Waals surface area contributed by atoms with Crippen LogP contribution in [0.4, 0.5) is 13.2 Å². The summed E-state index contributed by atoms with van der Waals surface area (Å²) in [5, 5.41) is 16.3. The zero-order valence-corrected chi connectivity index (χ0v) is 20.5. The van der Waals surface area contributed by atoms with Crippen molar-refractivity contribution < 1.29 is 27.6 Å². The van der Waals surface area contributed by atoms with Gasteiger partial charge in [0.15, 0.2) is 0 Å². The van der Waals surface area contributed by atoms with Gasteiger partial charge in [0, 0.05) is 17.2 Å². The summed E-state index contributed by atoms with van der Waals surface area (Å²) in [6, 6.07) is 17.2. The first-order valence-electron chi connectivity index (χ1n) is 11.8. The summed E-state index contributed by atoms with van der Waals surface area (Å²) in [5.41, 5.74) is 2.19. The Labute approximate surface area is 212 Å². The number of aromatic nitrogens is 2. The van der Waals surface area contributed by atoms with Gasteiger partial charge < -0.3 is 9.63 Å². The largest absolute Gasteiger partial charge is 0.480 e. The van der Waals surface area contributed by atoms with Crippen LogP contribution < -0.4 is 5.32 Å². The Morgan fingerprint density at radius 3 is 2.32 bits per heavy atom. The van der Waals surface area contributed by atoms with Crippen molar-refractivity contribution in [2.24, 2.45) is 0 Å². The lowest BCUT2D eigenvalue weighted by Gasteiger charge is -2.19. The van der Waals surface area contributed by atoms with Crippen molar-refractivity contribution in [1.82, 2.24) is 15.5 Å². The Hall–Kier alpha value is -3.98. The van der Waals surface area contributed by atoms with Crippen LogP contribution in [-0.2, 0) is 11.0 Å². The minimum atomic E-state index is -4.57. The Balaban J connectivity index is 1.60. The third-order valence-corrected chi connectivity index (χ3v) is 6.26. The number of hydrogen-bond acceptors (Lipinski definition) is 5. The number of aryl methyl sites for hydroxylation is 1. The summed E-state index contributed by atoms with van der Waals surface area (Å²) in [6.07, 6.45) is -4.13. The molecule has 0 aliphatic carbocycles. The average Bonchev–Trinajstić information content (AvgIpc) is 3.37. The van der Waals surface area contributed by atoms with E-state index in [4.69, 9.17) is 4.52 Å². The molecule has 9 heteroatoms. The van der Waals surface area contributed by atoms with Crippen LogP contribution in [0.1, 0.15) is 43.0 Å². The van der Waals surface area contributed by atoms with E-state index in [0.29, 0.717) is 17.5 Å². The van der Waals surface area contributed by atoms with E-state index in [9.17, 15) is 23.1 Å². The van der Waals surface area contributed by atoms with Crippen LogP contribution in [0, 0.1) is 6.92 Å². The second kappa shape index (κ2) is 10.6. The standard InChI is InChI=1S/C28H26F3N3O3/c1-4-24(27(35)36)32-17(3)18-9-11-19(12-10-18)25-33-26(37-34-25)20-13-14-22(23(15-20)28(29,30)31)21-8-6-5-7-16(21)2/h5-15,17,24,32H,4H2,1-3H3,(H,35,36)/t17-,24-/m1/s1. The molecule has 0 radical (unpaired) electrons. The monoisotopic (exact) mass is 509 g/mol. The molecule has 0 aliphatic rings. The van der Waals surface area contributed by atoms with Gasteiger partial charge in [0.2, 0.25) is 5.82 Å². The Morgan fingerprint density at radius 2 is 1.70 bits per heavy atom. The maximum atomic E-state index is 14.0. The molecule has 0 bridgehead atoms. The van der Waals surface area contributed by atoms with Gasteiger partial charge in [-0.05, 0) is 54.7 Å². The van der Waals surface area contributed by atoms with Gasteiger partial charge >= 0.3 is 12.1 Å². The maximum absolute atomic E-state index is 14.0. The number of nitrogens with one attached hydrogen (secondary N) is 1. The average molecular weight is 510 g/mol. The maximum Gasteiger partial charge on any atom is 0.417 e. The van der Waals surface area contributed by atoms with Gasteiger partial charge in [0.1, 0.15) is 6.04 Å².